The largest absolute Gasteiger partial charge is 0.496 e. The number of methoxy groups -OCH3 is 2. The number of halogens is 1. The van der Waals surface area contributed by atoms with Crippen LogP contribution in [-0.4, -0.2) is 62.6 Å². The fourth-order valence-corrected chi connectivity index (χ4v) is 3.24. The van der Waals surface area contributed by atoms with Crippen molar-refractivity contribution in [2.45, 2.75) is 19.4 Å². The Morgan fingerprint density at radius 1 is 1.40 bits per heavy atom. The first kappa shape index (κ1) is 19.5. The summed E-state index contributed by atoms with van der Waals surface area (Å²) in [4.78, 5) is 28.1. The second-order valence-corrected chi connectivity index (χ2v) is 6.66. The van der Waals surface area contributed by atoms with Crippen LogP contribution in [0.3, 0.4) is 0 Å². The zero-order valence-electron chi connectivity index (χ0n) is 15.0. The molecule has 0 N–H and O–H groups in total. The number of rotatable bonds is 7. The molecule has 0 unspecified atom stereocenters. The van der Waals surface area contributed by atoms with E-state index in [0.717, 1.165) is 5.56 Å². The highest BCUT2D eigenvalue weighted by molar-refractivity contribution is 6.30. The molecule has 1 aromatic carbocycles. The molecular weight excluding hydrogens is 344 g/mol. The maximum Gasteiger partial charge on any atom is 0.227 e. The molecule has 0 radical (unpaired) electrons. The van der Waals surface area contributed by atoms with Gasteiger partial charge in [0, 0.05) is 50.8 Å². The van der Waals surface area contributed by atoms with E-state index in [1.165, 1.54) is 0 Å². The van der Waals surface area contributed by atoms with Crippen LogP contribution < -0.4 is 4.74 Å². The molecule has 1 aromatic rings. The lowest BCUT2D eigenvalue weighted by Gasteiger charge is -2.33. The first-order valence-corrected chi connectivity index (χ1v) is 8.68. The van der Waals surface area contributed by atoms with Gasteiger partial charge in [0.15, 0.2) is 0 Å². The van der Waals surface area contributed by atoms with Crippen LogP contribution in [0.4, 0.5) is 0 Å². The smallest absolute Gasteiger partial charge is 0.227 e. The highest BCUT2D eigenvalue weighted by Crippen LogP contribution is 2.25. The van der Waals surface area contributed by atoms with Crippen LogP contribution in [0.15, 0.2) is 18.2 Å². The molecule has 1 atom stereocenters. The third kappa shape index (κ3) is 5.09. The van der Waals surface area contributed by atoms with Gasteiger partial charge in [-0.2, -0.15) is 0 Å². The van der Waals surface area contributed by atoms with Gasteiger partial charge >= 0.3 is 0 Å². The van der Waals surface area contributed by atoms with Gasteiger partial charge in [0.25, 0.3) is 0 Å². The van der Waals surface area contributed by atoms with Gasteiger partial charge in [-0.15, -0.1) is 0 Å². The van der Waals surface area contributed by atoms with E-state index in [1.54, 1.807) is 49.3 Å². The zero-order valence-corrected chi connectivity index (χ0v) is 15.7. The van der Waals surface area contributed by atoms with Gasteiger partial charge in [-0.3, -0.25) is 9.59 Å². The van der Waals surface area contributed by atoms with Crippen molar-refractivity contribution in [3.05, 3.63) is 28.8 Å². The van der Waals surface area contributed by atoms with Crippen molar-refractivity contribution < 1.29 is 19.1 Å². The number of piperidine rings is 1. The van der Waals surface area contributed by atoms with Crippen molar-refractivity contribution >= 4 is 23.4 Å². The second kappa shape index (κ2) is 9.06. The van der Waals surface area contributed by atoms with Crippen LogP contribution in [0.5, 0.6) is 5.75 Å². The summed E-state index contributed by atoms with van der Waals surface area (Å²) in [5.74, 6) is 0.617. The number of hydrogen-bond donors (Lipinski definition) is 0. The third-order valence-electron chi connectivity index (χ3n) is 4.44. The molecule has 1 saturated heterocycles. The van der Waals surface area contributed by atoms with Gasteiger partial charge < -0.3 is 19.3 Å². The number of benzene rings is 1. The Morgan fingerprint density at radius 2 is 2.16 bits per heavy atom. The van der Waals surface area contributed by atoms with Crippen molar-refractivity contribution in [2.75, 3.05) is 41.0 Å². The van der Waals surface area contributed by atoms with Crippen molar-refractivity contribution in [3.8, 4) is 5.75 Å². The van der Waals surface area contributed by atoms with Gasteiger partial charge in [0.1, 0.15) is 5.75 Å². The minimum absolute atomic E-state index is 0.0249. The van der Waals surface area contributed by atoms with E-state index in [2.05, 4.69) is 0 Å². The van der Waals surface area contributed by atoms with E-state index in [1.807, 2.05) is 0 Å². The summed E-state index contributed by atoms with van der Waals surface area (Å²) < 4.78 is 10.4. The Kier molecular flexibility index (Phi) is 7.08. The average molecular weight is 369 g/mol. The van der Waals surface area contributed by atoms with Gasteiger partial charge in [-0.1, -0.05) is 11.6 Å². The molecule has 2 amide bonds. The fourth-order valence-electron chi connectivity index (χ4n) is 3.05. The number of ether oxygens (including phenoxy) is 2. The average Bonchev–Trinajstić information content (AvgIpc) is 2.60. The van der Waals surface area contributed by atoms with E-state index >= 15 is 0 Å². The van der Waals surface area contributed by atoms with Crippen LogP contribution in [0.2, 0.25) is 5.02 Å². The number of likely N-dealkylation sites (tertiary alicyclic amines) is 1. The van der Waals surface area contributed by atoms with Crippen LogP contribution in [0.1, 0.15) is 18.4 Å². The summed E-state index contributed by atoms with van der Waals surface area (Å²) in [6.07, 6.45) is 0.979. The molecule has 1 aliphatic rings. The van der Waals surface area contributed by atoms with Crippen LogP contribution in [0, 0.1) is 5.92 Å². The highest BCUT2D eigenvalue weighted by atomic mass is 35.5. The summed E-state index contributed by atoms with van der Waals surface area (Å²) >= 11 is 6.05. The van der Waals surface area contributed by atoms with Crippen LogP contribution in [0.25, 0.3) is 0 Å². The lowest BCUT2D eigenvalue weighted by molar-refractivity contribution is -0.143. The van der Waals surface area contributed by atoms with Crippen molar-refractivity contribution in [1.82, 2.24) is 9.80 Å². The topological polar surface area (TPSA) is 59.1 Å². The Labute approximate surface area is 153 Å². The molecule has 0 spiro atoms. The van der Waals surface area contributed by atoms with Gasteiger partial charge in [0.05, 0.1) is 19.6 Å². The predicted octanol–water partition coefficient (Wildman–Crippen LogP) is 2.19. The Balaban J connectivity index is 2.02. The molecule has 1 fully saturated rings. The summed E-state index contributed by atoms with van der Waals surface area (Å²) in [5.41, 5.74) is 0.856. The van der Waals surface area contributed by atoms with E-state index in [-0.39, 0.29) is 17.7 Å². The molecule has 138 valence electrons. The predicted molar refractivity (Wildman–Crippen MR) is 95.7 cm³/mol. The molecule has 0 aromatic heterocycles. The van der Waals surface area contributed by atoms with Crippen LogP contribution >= 0.6 is 11.6 Å². The number of nitrogens with zero attached hydrogens (tertiary/aromatic N) is 2. The molecule has 1 aliphatic heterocycles. The molecule has 7 heteroatoms. The molecule has 2 rings (SSSR count). The molecule has 0 saturated carbocycles. The monoisotopic (exact) mass is 368 g/mol. The first-order valence-electron chi connectivity index (χ1n) is 8.30. The minimum atomic E-state index is -0.190. The molecule has 1 heterocycles. The number of hydrogen-bond acceptors (Lipinski definition) is 4. The SMILES string of the molecule is COCCN1C[C@@H](C(=O)N(C)Cc2cc(Cl)ccc2OC)CCC1=O. The van der Waals surface area contributed by atoms with E-state index in [9.17, 15) is 9.59 Å². The van der Waals surface area contributed by atoms with Crippen molar-refractivity contribution in [3.63, 3.8) is 0 Å². The quantitative estimate of drug-likeness (QED) is 0.740. The highest BCUT2D eigenvalue weighted by Gasteiger charge is 2.31. The molecule has 0 aliphatic carbocycles. The van der Waals surface area contributed by atoms with Crippen molar-refractivity contribution in [2.24, 2.45) is 5.92 Å². The number of carbonyl (C=O) groups is 2. The summed E-state index contributed by atoms with van der Waals surface area (Å²) in [5, 5.41) is 0.602. The Hall–Kier alpha value is -1.79. The first-order chi connectivity index (χ1) is 12.0. The maximum atomic E-state index is 12.8. The fraction of sp³-hybridized carbons (Fsp3) is 0.556. The molecule has 6 nitrogen and oxygen atoms in total. The summed E-state index contributed by atoms with van der Waals surface area (Å²) in [6.45, 7) is 1.84. The molecular formula is C18H25ClN2O4. The molecule has 0 bridgehead atoms. The summed E-state index contributed by atoms with van der Waals surface area (Å²) in [7, 11) is 4.96. The van der Waals surface area contributed by atoms with E-state index in [4.69, 9.17) is 21.1 Å². The minimum Gasteiger partial charge on any atom is -0.496 e. The van der Waals surface area contributed by atoms with Crippen LogP contribution in [-0.2, 0) is 20.9 Å². The van der Waals surface area contributed by atoms with E-state index in [0.29, 0.717) is 49.9 Å². The lowest BCUT2D eigenvalue weighted by atomic mass is 9.96. The maximum absolute atomic E-state index is 12.8. The Bertz CT molecular complexity index is 623. The normalized spacial score (nSPS) is 17.5. The lowest BCUT2D eigenvalue weighted by Crippen LogP contribution is -2.47. The zero-order chi connectivity index (χ0) is 18.4. The second-order valence-electron chi connectivity index (χ2n) is 6.22. The van der Waals surface area contributed by atoms with Gasteiger partial charge in [-0.05, 0) is 24.6 Å². The molecule has 25 heavy (non-hydrogen) atoms. The van der Waals surface area contributed by atoms with Gasteiger partial charge in [0.2, 0.25) is 11.8 Å². The number of amides is 2. The summed E-state index contributed by atoms with van der Waals surface area (Å²) in [6, 6.07) is 5.35. The third-order valence-corrected chi connectivity index (χ3v) is 4.68. The Morgan fingerprint density at radius 3 is 2.84 bits per heavy atom. The van der Waals surface area contributed by atoms with E-state index < -0.39 is 0 Å². The van der Waals surface area contributed by atoms with Crippen molar-refractivity contribution in [1.29, 1.82) is 0 Å². The number of carbonyl (C=O) groups excluding carboxylic acids is 2. The standard InChI is InChI=1S/C18H25ClN2O4/c1-20(11-14-10-15(19)5-6-16(14)25-3)18(23)13-4-7-17(22)21(12-13)8-9-24-2/h5-6,10,13H,4,7-9,11-12H2,1-3H3/t13-/m0/s1. The van der Waals surface area contributed by atoms with Gasteiger partial charge in [-0.25, -0.2) is 0 Å².